The van der Waals surface area contributed by atoms with Crippen molar-refractivity contribution in [1.82, 2.24) is 0 Å². The maximum Gasteiger partial charge on any atom is 0.319 e. The number of ether oxygens (including phenoxy) is 2. The van der Waals surface area contributed by atoms with Crippen LogP contribution < -0.4 is 0 Å². The Balaban J connectivity index is 4.76. The van der Waals surface area contributed by atoms with Crippen LogP contribution in [0.5, 0.6) is 0 Å². The Labute approximate surface area is 63.3 Å². The summed E-state index contributed by atoms with van der Waals surface area (Å²) >= 11 is 0. The molecule has 0 heterocycles. The average Bonchev–Trinajstić information content (AvgIpc) is 2.01. The fourth-order valence-electron chi connectivity index (χ4n) is 0.332. The molecule has 0 rings (SSSR count). The van der Waals surface area contributed by atoms with E-state index >= 15 is 0 Å². The van der Waals surface area contributed by atoms with Crippen molar-refractivity contribution in [3.05, 3.63) is 0 Å². The van der Waals surface area contributed by atoms with E-state index in [1.165, 1.54) is 0 Å². The summed E-state index contributed by atoms with van der Waals surface area (Å²) in [5, 5.41) is 0. The number of methoxy groups -OCH3 is 2. The molecule has 0 saturated heterocycles. The van der Waals surface area contributed by atoms with Crippen molar-refractivity contribution < 1.29 is 23.2 Å². The zero-order valence-electron chi connectivity index (χ0n) is 8.71. The van der Waals surface area contributed by atoms with Crippen molar-refractivity contribution in [3.63, 3.8) is 0 Å². The maximum absolute atomic E-state index is 10.9. The number of hydrogen-bond donors (Lipinski definition) is 0. The van der Waals surface area contributed by atoms with E-state index in [0.29, 0.717) is 0 Å². The van der Waals surface area contributed by atoms with E-state index in [0.717, 1.165) is 14.2 Å². The minimum Gasteiger partial charge on any atom is -0.468 e. The predicted molar refractivity (Wildman–Crippen MR) is 33.2 cm³/mol. The topological polar surface area (TPSA) is 52.6 Å². The molecule has 0 aliphatic carbocycles. The molecule has 0 aromatic heterocycles. The van der Waals surface area contributed by atoms with Gasteiger partial charge in [-0.15, -0.1) is 0 Å². The first kappa shape index (κ1) is 4.71. The minimum atomic E-state index is -2.74. The molecule has 0 unspecified atom stereocenters. The highest BCUT2D eigenvalue weighted by Gasteiger charge is 2.22. The molecule has 4 nitrogen and oxygen atoms in total. The van der Waals surface area contributed by atoms with E-state index in [1.807, 2.05) is 0 Å². The second kappa shape index (κ2) is 3.87. The standard InChI is InChI=1S/C6H10O4/c1-4(5(7)9-2)6(8)10-3/h4H,1-3H3/i1D3. The summed E-state index contributed by atoms with van der Waals surface area (Å²) in [6, 6.07) is 0. The molecule has 0 radical (unpaired) electrons. The highest BCUT2D eigenvalue weighted by atomic mass is 16.5. The average molecular weight is 149 g/mol. The number of esters is 2. The lowest BCUT2D eigenvalue weighted by atomic mass is 10.2. The fourth-order valence-corrected chi connectivity index (χ4v) is 0.332. The van der Waals surface area contributed by atoms with Gasteiger partial charge in [-0.3, -0.25) is 9.59 Å². The Morgan fingerprint density at radius 2 is 1.70 bits per heavy atom. The summed E-state index contributed by atoms with van der Waals surface area (Å²) < 4.78 is 29.0. The van der Waals surface area contributed by atoms with Crippen LogP contribution in [-0.2, 0) is 19.1 Å². The summed E-state index contributed by atoms with van der Waals surface area (Å²) in [6.07, 6.45) is 0. The molecule has 0 amide bonds. The Bertz CT molecular complexity index is 194. The molecule has 0 atom stereocenters. The first-order chi connectivity index (χ1) is 5.84. The number of carbonyl (C=O) groups excluding carboxylic acids is 2. The van der Waals surface area contributed by atoms with Gasteiger partial charge in [0, 0.05) is 4.11 Å². The fraction of sp³-hybridized carbons (Fsp3) is 0.667. The third-order valence-electron chi connectivity index (χ3n) is 0.874. The van der Waals surface area contributed by atoms with Crippen LogP contribution >= 0.6 is 0 Å². The molecule has 0 saturated carbocycles. The van der Waals surface area contributed by atoms with Gasteiger partial charge in [-0.2, -0.15) is 0 Å². The number of rotatable bonds is 2. The normalized spacial score (nSPS) is 14.9. The first-order valence-electron chi connectivity index (χ1n) is 4.00. The Kier molecular flexibility index (Phi) is 1.82. The third kappa shape index (κ3) is 2.05. The molecular weight excluding hydrogens is 136 g/mol. The second-order valence-electron chi connectivity index (χ2n) is 1.48. The van der Waals surface area contributed by atoms with Crippen LogP contribution in [0.15, 0.2) is 0 Å². The molecule has 0 aliphatic heterocycles. The van der Waals surface area contributed by atoms with Crippen LogP contribution in [0.25, 0.3) is 0 Å². The molecule has 58 valence electrons. The molecule has 0 spiro atoms. The van der Waals surface area contributed by atoms with Crippen LogP contribution in [0.3, 0.4) is 0 Å². The molecule has 0 N–H and O–H groups in total. The highest BCUT2D eigenvalue weighted by molar-refractivity contribution is 5.94. The maximum atomic E-state index is 10.9. The summed E-state index contributed by atoms with van der Waals surface area (Å²) in [5.41, 5.74) is 0. The lowest BCUT2D eigenvalue weighted by Crippen LogP contribution is -2.23. The number of carbonyl (C=O) groups is 2. The summed E-state index contributed by atoms with van der Waals surface area (Å²) in [7, 11) is 2.01. The molecule has 10 heavy (non-hydrogen) atoms. The van der Waals surface area contributed by atoms with E-state index < -0.39 is 24.7 Å². The third-order valence-corrected chi connectivity index (χ3v) is 0.874. The van der Waals surface area contributed by atoms with Crippen molar-refractivity contribution in [2.24, 2.45) is 5.92 Å². The van der Waals surface area contributed by atoms with Gasteiger partial charge in [0.25, 0.3) is 0 Å². The smallest absolute Gasteiger partial charge is 0.319 e. The van der Waals surface area contributed by atoms with Crippen molar-refractivity contribution >= 4 is 11.9 Å². The Morgan fingerprint density at radius 1 is 1.30 bits per heavy atom. The van der Waals surface area contributed by atoms with Crippen molar-refractivity contribution in [3.8, 4) is 0 Å². The van der Waals surface area contributed by atoms with Crippen LogP contribution in [-0.4, -0.2) is 26.2 Å². The van der Waals surface area contributed by atoms with E-state index in [9.17, 15) is 9.59 Å². The van der Waals surface area contributed by atoms with Crippen LogP contribution in [0.2, 0.25) is 0 Å². The number of hydrogen-bond acceptors (Lipinski definition) is 4. The van der Waals surface area contributed by atoms with Gasteiger partial charge < -0.3 is 9.47 Å². The van der Waals surface area contributed by atoms with Gasteiger partial charge >= 0.3 is 11.9 Å². The molecule has 0 aliphatic rings. The van der Waals surface area contributed by atoms with Crippen LogP contribution in [0.4, 0.5) is 0 Å². The SMILES string of the molecule is [2H]C([2H])([2H])C(C(=O)OC)C(=O)OC. The predicted octanol–water partition coefficient (Wildman–Crippen LogP) is -0.0315. The Hall–Kier alpha value is -1.06. The van der Waals surface area contributed by atoms with Crippen LogP contribution in [0, 0.1) is 5.92 Å². The molecule has 0 bridgehead atoms. The summed E-state index contributed by atoms with van der Waals surface area (Å²) in [6.45, 7) is -2.74. The van der Waals surface area contributed by atoms with Crippen molar-refractivity contribution in [2.75, 3.05) is 14.2 Å². The van der Waals surface area contributed by atoms with Gasteiger partial charge in [0.05, 0.1) is 14.2 Å². The molecule has 0 fully saturated rings. The van der Waals surface area contributed by atoms with Crippen molar-refractivity contribution in [2.45, 2.75) is 6.85 Å². The van der Waals surface area contributed by atoms with Crippen LogP contribution in [0.1, 0.15) is 11.0 Å². The summed E-state index contributed by atoms with van der Waals surface area (Å²) in [5.74, 6) is -4.10. The van der Waals surface area contributed by atoms with E-state index in [-0.39, 0.29) is 0 Å². The van der Waals surface area contributed by atoms with Gasteiger partial charge in [0.15, 0.2) is 5.92 Å². The lowest BCUT2D eigenvalue weighted by molar-refractivity contribution is -0.157. The Morgan fingerprint density at radius 3 is 1.90 bits per heavy atom. The zero-order chi connectivity index (χ0) is 10.6. The quantitative estimate of drug-likeness (QED) is 0.408. The second-order valence-corrected chi connectivity index (χ2v) is 1.48. The molecule has 0 aromatic carbocycles. The van der Waals surface area contributed by atoms with Gasteiger partial charge in [0.2, 0.25) is 0 Å². The lowest BCUT2D eigenvalue weighted by Gasteiger charge is -2.04. The van der Waals surface area contributed by atoms with Crippen molar-refractivity contribution in [1.29, 1.82) is 0 Å². The molecular formula is C6H10O4. The van der Waals surface area contributed by atoms with Gasteiger partial charge in [0.1, 0.15) is 0 Å². The highest BCUT2D eigenvalue weighted by Crippen LogP contribution is 1.98. The zero-order valence-corrected chi connectivity index (χ0v) is 5.71. The molecule has 4 heteroatoms. The minimum absolute atomic E-state index is 1.00. The van der Waals surface area contributed by atoms with Gasteiger partial charge in [-0.25, -0.2) is 0 Å². The van der Waals surface area contributed by atoms with E-state index in [4.69, 9.17) is 4.11 Å². The summed E-state index contributed by atoms with van der Waals surface area (Å²) in [4.78, 5) is 21.8. The monoisotopic (exact) mass is 149 g/mol. The largest absolute Gasteiger partial charge is 0.468 e. The van der Waals surface area contributed by atoms with Gasteiger partial charge in [-0.1, -0.05) is 0 Å². The first-order valence-corrected chi connectivity index (χ1v) is 2.50. The molecule has 0 aromatic rings. The van der Waals surface area contributed by atoms with E-state index in [1.54, 1.807) is 0 Å². The van der Waals surface area contributed by atoms with E-state index in [2.05, 4.69) is 9.47 Å². The van der Waals surface area contributed by atoms with Gasteiger partial charge in [-0.05, 0) is 6.85 Å².